The molecule has 0 unspecified atom stereocenters. The summed E-state index contributed by atoms with van der Waals surface area (Å²) in [5.74, 6) is -0.665. The van der Waals surface area contributed by atoms with Crippen molar-refractivity contribution in [3.8, 4) is 0 Å². The molecule has 4 aromatic carbocycles. The van der Waals surface area contributed by atoms with Crippen molar-refractivity contribution >= 4 is 35.2 Å². The number of benzene rings is 4. The zero-order valence-corrected chi connectivity index (χ0v) is 22.6. The molecule has 8 heteroatoms. The van der Waals surface area contributed by atoms with Gasteiger partial charge in [0.05, 0.1) is 6.54 Å². The molecule has 4 aromatic rings. The molecule has 202 valence electrons. The number of carbonyl (C=O) groups excluding carboxylic acids is 3. The van der Waals surface area contributed by atoms with Crippen molar-refractivity contribution in [1.82, 2.24) is 10.2 Å². The SMILES string of the molecule is Cc1ccc(CN2C(=O)O[C@@H](c3cccc(NC(=O)c4cccc(Cl)c4)c3)[C@@H]2C(=O)NCc2ccccc2)cc1. The number of rotatable bonds is 8. The van der Waals surface area contributed by atoms with Crippen LogP contribution in [0.3, 0.4) is 0 Å². The van der Waals surface area contributed by atoms with Crippen LogP contribution in [-0.4, -0.2) is 28.8 Å². The Hall–Kier alpha value is -4.62. The minimum atomic E-state index is -0.920. The lowest BCUT2D eigenvalue weighted by Gasteiger charge is -2.24. The van der Waals surface area contributed by atoms with Crippen molar-refractivity contribution < 1.29 is 19.1 Å². The van der Waals surface area contributed by atoms with Crippen molar-refractivity contribution in [3.05, 3.63) is 136 Å². The molecular weight excluding hydrogens is 526 g/mol. The third-order valence-corrected chi connectivity index (χ3v) is 6.93. The maximum absolute atomic E-state index is 13.6. The van der Waals surface area contributed by atoms with Crippen molar-refractivity contribution in [3.63, 3.8) is 0 Å². The highest BCUT2D eigenvalue weighted by Crippen LogP contribution is 2.35. The lowest BCUT2D eigenvalue weighted by molar-refractivity contribution is -0.126. The van der Waals surface area contributed by atoms with Crippen LogP contribution < -0.4 is 10.6 Å². The quantitative estimate of drug-likeness (QED) is 0.269. The van der Waals surface area contributed by atoms with E-state index in [9.17, 15) is 14.4 Å². The number of anilines is 1. The van der Waals surface area contributed by atoms with E-state index in [0.29, 0.717) is 28.4 Å². The topological polar surface area (TPSA) is 87.7 Å². The maximum Gasteiger partial charge on any atom is 0.411 e. The molecule has 3 amide bonds. The molecule has 1 fully saturated rings. The molecule has 0 radical (unpaired) electrons. The third-order valence-electron chi connectivity index (χ3n) is 6.70. The van der Waals surface area contributed by atoms with Crippen molar-refractivity contribution in [2.24, 2.45) is 0 Å². The molecule has 1 saturated heterocycles. The first-order valence-corrected chi connectivity index (χ1v) is 13.3. The van der Waals surface area contributed by atoms with E-state index in [0.717, 1.165) is 16.7 Å². The average Bonchev–Trinajstić information content (AvgIpc) is 3.29. The van der Waals surface area contributed by atoms with Crippen molar-refractivity contribution in [2.75, 3.05) is 5.32 Å². The predicted molar refractivity (Wildman–Crippen MR) is 154 cm³/mol. The highest BCUT2D eigenvalue weighted by atomic mass is 35.5. The van der Waals surface area contributed by atoms with Gasteiger partial charge >= 0.3 is 6.09 Å². The van der Waals surface area contributed by atoms with Gasteiger partial charge in [-0.05, 0) is 53.9 Å². The smallest absolute Gasteiger partial charge is 0.411 e. The highest BCUT2D eigenvalue weighted by Gasteiger charge is 2.47. The predicted octanol–water partition coefficient (Wildman–Crippen LogP) is 6.28. The molecule has 7 nitrogen and oxygen atoms in total. The Morgan fingerprint density at radius 1 is 0.875 bits per heavy atom. The Bertz CT molecular complexity index is 1520. The molecular formula is C32H28ClN3O4. The van der Waals surface area contributed by atoms with Gasteiger partial charge < -0.3 is 15.4 Å². The van der Waals surface area contributed by atoms with E-state index < -0.39 is 18.2 Å². The standard InChI is InChI=1S/C32H28ClN3O4/c1-21-13-15-23(16-14-21)20-36-28(31(38)34-19-22-7-3-2-4-8-22)29(40-32(36)39)24-9-6-12-27(18-24)35-30(37)25-10-5-11-26(33)17-25/h2-18,28-29H,19-20H2,1H3,(H,34,38)(H,35,37)/t28-,29+/m1/s1. The summed E-state index contributed by atoms with van der Waals surface area (Å²) < 4.78 is 5.80. The maximum atomic E-state index is 13.6. The molecule has 1 aliphatic rings. The first-order chi connectivity index (χ1) is 19.4. The van der Waals surface area contributed by atoms with E-state index in [1.807, 2.05) is 61.5 Å². The molecule has 0 spiro atoms. The van der Waals surface area contributed by atoms with Gasteiger partial charge in [0, 0.05) is 22.8 Å². The van der Waals surface area contributed by atoms with Crippen LogP contribution >= 0.6 is 11.6 Å². The summed E-state index contributed by atoms with van der Waals surface area (Å²) >= 11 is 6.04. The molecule has 0 saturated carbocycles. The van der Waals surface area contributed by atoms with Crippen LogP contribution in [0.2, 0.25) is 5.02 Å². The summed E-state index contributed by atoms with van der Waals surface area (Å²) in [5.41, 5.74) is 4.41. The third kappa shape index (κ3) is 6.33. The van der Waals surface area contributed by atoms with Gasteiger partial charge in [0.25, 0.3) is 5.91 Å². The lowest BCUT2D eigenvalue weighted by Crippen LogP contribution is -2.46. The summed E-state index contributed by atoms with van der Waals surface area (Å²) in [6.45, 7) is 2.51. The van der Waals surface area contributed by atoms with Crippen LogP contribution in [0.15, 0.2) is 103 Å². The van der Waals surface area contributed by atoms with E-state index in [4.69, 9.17) is 16.3 Å². The number of nitrogens with one attached hydrogen (secondary N) is 2. The summed E-state index contributed by atoms with van der Waals surface area (Å²) in [7, 11) is 0. The van der Waals surface area contributed by atoms with Gasteiger partial charge in [-0.25, -0.2) is 4.79 Å². The van der Waals surface area contributed by atoms with E-state index in [-0.39, 0.29) is 18.4 Å². The number of halogens is 1. The fraction of sp³-hybridized carbons (Fsp3) is 0.156. The summed E-state index contributed by atoms with van der Waals surface area (Å²) in [6.07, 6.45) is -1.46. The number of carbonyl (C=O) groups is 3. The van der Waals surface area contributed by atoms with Crippen molar-refractivity contribution in [2.45, 2.75) is 32.2 Å². The van der Waals surface area contributed by atoms with E-state index in [1.54, 1.807) is 48.5 Å². The van der Waals surface area contributed by atoms with Crippen LogP contribution in [0, 0.1) is 6.92 Å². The molecule has 0 aliphatic carbocycles. The van der Waals surface area contributed by atoms with Crippen LogP contribution in [0.5, 0.6) is 0 Å². The number of aryl methyl sites for hydroxylation is 1. The number of ether oxygens (including phenoxy) is 1. The Morgan fingerprint density at radius 3 is 2.38 bits per heavy atom. The summed E-state index contributed by atoms with van der Waals surface area (Å²) in [6, 6.07) is 30.0. The number of hydrogen-bond acceptors (Lipinski definition) is 4. The molecule has 5 rings (SSSR count). The number of amides is 3. The van der Waals surface area contributed by atoms with Crippen LogP contribution in [0.4, 0.5) is 10.5 Å². The summed E-state index contributed by atoms with van der Waals surface area (Å²) in [4.78, 5) is 41.0. The van der Waals surface area contributed by atoms with E-state index >= 15 is 0 Å². The van der Waals surface area contributed by atoms with Gasteiger partial charge in [-0.3, -0.25) is 14.5 Å². The molecule has 2 atom stereocenters. The van der Waals surface area contributed by atoms with Gasteiger partial charge in [-0.2, -0.15) is 0 Å². The Labute approximate surface area is 237 Å². The Morgan fingerprint density at radius 2 is 1.62 bits per heavy atom. The number of nitrogens with zero attached hydrogens (tertiary/aromatic N) is 1. The number of hydrogen-bond donors (Lipinski definition) is 2. The van der Waals surface area contributed by atoms with Crippen LogP contribution in [-0.2, 0) is 22.6 Å². The zero-order valence-electron chi connectivity index (χ0n) is 21.8. The summed E-state index contributed by atoms with van der Waals surface area (Å²) in [5, 5.41) is 6.28. The first kappa shape index (κ1) is 27.0. The van der Waals surface area contributed by atoms with E-state index in [1.165, 1.54) is 4.90 Å². The molecule has 0 aromatic heterocycles. The average molecular weight is 554 g/mol. The molecule has 40 heavy (non-hydrogen) atoms. The fourth-order valence-electron chi connectivity index (χ4n) is 4.62. The van der Waals surface area contributed by atoms with Gasteiger partial charge in [-0.15, -0.1) is 0 Å². The van der Waals surface area contributed by atoms with Gasteiger partial charge in [0.2, 0.25) is 5.91 Å². The number of cyclic esters (lactones) is 1. The second-order valence-electron chi connectivity index (χ2n) is 9.66. The molecule has 1 aliphatic heterocycles. The second kappa shape index (κ2) is 12.1. The molecule has 1 heterocycles. The minimum Gasteiger partial charge on any atom is -0.438 e. The minimum absolute atomic E-state index is 0.213. The van der Waals surface area contributed by atoms with Crippen molar-refractivity contribution in [1.29, 1.82) is 0 Å². The van der Waals surface area contributed by atoms with E-state index in [2.05, 4.69) is 10.6 Å². The monoisotopic (exact) mass is 553 g/mol. The first-order valence-electron chi connectivity index (χ1n) is 12.9. The normalized spacial score (nSPS) is 16.4. The second-order valence-corrected chi connectivity index (χ2v) is 10.1. The van der Waals surface area contributed by atoms with Crippen LogP contribution in [0.1, 0.15) is 38.7 Å². The highest BCUT2D eigenvalue weighted by molar-refractivity contribution is 6.31. The van der Waals surface area contributed by atoms with Gasteiger partial charge in [0.15, 0.2) is 12.1 Å². The lowest BCUT2D eigenvalue weighted by atomic mass is 9.99. The largest absolute Gasteiger partial charge is 0.438 e. The fourth-order valence-corrected chi connectivity index (χ4v) is 4.81. The van der Waals surface area contributed by atoms with Crippen LogP contribution in [0.25, 0.3) is 0 Å². The Kier molecular flexibility index (Phi) is 8.12. The molecule has 2 N–H and O–H groups in total. The van der Waals surface area contributed by atoms with Gasteiger partial charge in [0.1, 0.15) is 0 Å². The Balaban J connectivity index is 1.40. The molecule has 0 bridgehead atoms. The van der Waals surface area contributed by atoms with Gasteiger partial charge in [-0.1, -0.05) is 90.0 Å². The zero-order chi connectivity index (χ0) is 28.1.